The number of unbranched alkanes of at least 4 members (excludes halogenated alkanes) is 1. The van der Waals surface area contributed by atoms with Crippen molar-refractivity contribution in [3.05, 3.63) is 23.5 Å². The molecule has 2 heterocycles. The van der Waals surface area contributed by atoms with Gasteiger partial charge in [0.05, 0.1) is 6.20 Å². The minimum Gasteiger partial charge on any atom is -0.480 e. The molecule has 0 aliphatic carbocycles. The summed E-state index contributed by atoms with van der Waals surface area (Å²) in [5.74, 6) is -1.49. The molecule has 0 bridgehead atoms. The number of carbonyl (C=O) groups is 2. The Hall–Kier alpha value is -2.22. The van der Waals surface area contributed by atoms with Gasteiger partial charge in [0.1, 0.15) is 16.7 Å². The maximum atomic E-state index is 12.1. The number of aryl methyl sites for hydroxylation is 1. The Kier molecular flexibility index (Phi) is 5.26. The number of amides is 1. The third kappa shape index (κ3) is 3.91. The number of nitrogens with one attached hydrogen (secondary N) is 1. The van der Waals surface area contributed by atoms with Gasteiger partial charge < -0.3 is 10.4 Å². The van der Waals surface area contributed by atoms with E-state index < -0.39 is 17.9 Å². The van der Waals surface area contributed by atoms with E-state index in [1.165, 1.54) is 11.3 Å². The molecule has 22 heavy (non-hydrogen) atoms. The highest BCUT2D eigenvalue weighted by Crippen LogP contribution is 2.22. The zero-order valence-electron chi connectivity index (χ0n) is 12.4. The predicted molar refractivity (Wildman–Crippen MR) is 82.7 cm³/mol. The highest BCUT2D eigenvalue weighted by atomic mass is 32.1. The minimum absolute atomic E-state index is 0.228. The number of hydrogen-bond donors (Lipinski definition) is 2. The molecule has 1 atom stereocenters. The summed E-state index contributed by atoms with van der Waals surface area (Å²) in [5, 5.41) is 18.0. The van der Waals surface area contributed by atoms with Crippen molar-refractivity contribution in [1.29, 1.82) is 0 Å². The Morgan fingerprint density at radius 3 is 2.86 bits per heavy atom. The van der Waals surface area contributed by atoms with E-state index in [1.54, 1.807) is 23.3 Å². The number of nitrogens with zero attached hydrogens (tertiary/aromatic N) is 3. The molecule has 0 radical (unpaired) electrons. The van der Waals surface area contributed by atoms with Crippen LogP contribution in [-0.4, -0.2) is 37.8 Å². The number of aliphatic carboxylic acids is 1. The van der Waals surface area contributed by atoms with E-state index in [0.717, 1.165) is 18.4 Å². The Balaban J connectivity index is 2.06. The molecule has 8 heteroatoms. The molecule has 118 valence electrons. The molecule has 7 nitrogen and oxygen atoms in total. The van der Waals surface area contributed by atoms with E-state index >= 15 is 0 Å². The van der Waals surface area contributed by atoms with Gasteiger partial charge >= 0.3 is 5.97 Å². The Bertz CT molecular complexity index is 665. The zero-order chi connectivity index (χ0) is 16.1. The second-order valence-corrected chi connectivity index (χ2v) is 5.81. The molecule has 2 rings (SSSR count). The van der Waals surface area contributed by atoms with Crippen molar-refractivity contribution in [3.8, 4) is 10.6 Å². The summed E-state index contributed by atoms with van der Waals surface area (Å²) < 4.78 is 1.65. The molecule has 2 aromatic rings. The topological polar surface area (TPSA) is 97.1 Å². The number of hydrogen-bond acceptors (Lipinski definition) is 5. The lowest BCUT2D eigenvalue weighted by molar-refractivity contribution is -0.139. The summed E-state index contributed by atoms with van der Waals surface area (Å²) in [5.41, 5.74) is 1.05. The van der Waals surface area contributed by atoms with Crippen LogP contribution < -0.4 is 5.32 Å². The van der Waals surface area contributed by atoms with Crippen molar-refractivity contribution in [3.63, 3.8) is 0 Å². The third-order valence-corrected chi connectivity index (χ3v) is 4.03. The van der Waals surface area contributed by atoms with Crippen molar-refractivity contribution in [2.45, 2.75) is 32.2 Å². The van der Waals surface area contributed by atoms with Gasteiger partial charge in [0.15, 0.2) is 0 Å². The van der Waals surface area contributed by atoms with Crippen LogP contribution in [0.25, 0.3) is 10.6 Å². The molecule has 2 N–H and O–H groups in total. The summed E-state index contributed by atoms with van der Waals surface area (Å²) in [6.45, 7) is 1.97. The number of aromatic nitrogens is 3. The van der Waals surface area contributed by atoms with Crippen LogP contribution in [-0.2, 0) is 11.8 Å². The minimum atomic E-state index is -1.02. The summed E-state index contributed by atoms with van der Waals surface area (Å²) >= 11 is 1.32. The van der Waals surface area contributed by atoms with Gasteiger partial charge in [0.2, 0.25) is 0 Å². The average molecular weight is 322 g/mol. The van der Waals surface area contributed by atoms with E-state index in [9.17, 15) is 9.59 Å². The highest BCUT2D eigenvalue weighted by molar-refractivity contribution is 7.13. The fourth-order valence-electron chi connectivity index (χ4n) is 1.94. The van der Waals surface area contributed by atoms with Gasteiger partial charge in [0.25, 0.3) is 5.91 Å². The maximum Gasteiger partial charge on any atom is 0.326 e. The standard InChI is InChI=1S/C14H18N4O3S/c1-3-4-5-10(14(20)21)16-12(19)11-8-22-13(17-11)9-6-15-18(2)7-9/h6-8,10H,3-5H2,1-2H3,(H,16,19)(H,20,21). The first-order chi connectivity index (χ1) is 10.5. The summed E-state index contributed by atoms with van der Waals surface area (Å²) in [6.07, 6.45) is 5.51. The zero-order valence-corrected chi connectivity index (χ0v) is 13.3. The van der Waals surface area contributed by atoms with Gasteiger partial charge in [-0.15, -0.1) is 11.3 Å². The molecule has 0 saturated heterocycles. The van der Waals surface area contributed by atoms with E-state index in [-0.39, 0.29) is 5.69 Å². The molecule has 1 unspecified atom stereocenters. The van der Waals surface area contributed by atoms with Crippen LogP contribution in [0.1, 0.15) is 36.7 Å². The third-order valence-electron chi connectivity index (χ3n) is 3.14. The first-order valence-electron chi connectivity index (χ1n) is 6.99. The number of carbonyl (C=O) groups excluding carboxylic acids is 1. The lowest BCUT2D eigenvalue weighted by atomic mass is 10.1. The van der Waals surface area contributed by atoms with Gasteiger partial charge in [-0.25, -0.2) is 9.78 Å². The van der Waals surface area contributed by atoms with Crippen LogP contribution in [0.5, 0.6) is 0 Å². The summed E-state index contributed by atoms with van der Waals surface area (Å²) in [4.78, 5) is 27.5. The largest absolute Gasteiger partial charge is 0.480 e. The van der Waals surface area contributed by atoms with Crippen LogP contribution in [0.15, 0.2) is 17.8 Å². The summed E-state index contributed by atoms with van der Waals surface area (Å²) in [6, 6.07) is -0.879. The predicted octanol–water partition coefficient (Wildman–Crippen LogP) is 1.92. The molecule has 0 aliphatic rings. The number of rotatable bonds is 7. The van der Waals surface area contributed by atoms with Gasteiger partial charge in [-0.05, 0) is 6.42 Å². The van der Waals surface area contributed by atoms with Crippen LogP contribution >= 0.6 is 11.3 Å². The lowest BCUT2D eigenvalue weighted by Crippen LogP contribution is -2.40. The van der Waals surface area contributed by atoms with E-state index in [0.29, 0.717) is 11.4 Å². The van der Waals surface area contributed by atoms with Gasteiger partial charge in [-0.2, -0.15) is 5.10 Å². The van der Waals surface area contributed by atoms with Gasteiger partial charge in [0, 0.05) is 24.2 Å². The van der Waals surface area contributed by atoms with Crippen LogP contribution in [0.3, 0.4) is 0 Å². The quantitative estimate of drug-likeness (QED) is 0.811. The molecule has 0 saturated carbocycles. The second-order valence-electron chi connectivity index (χ2n) is 4.95. The number of carboxylic acids is 1. The fourth-order valence-corrected chi connectivity index (χ4v) is 2.72. The van der Waals surface area contributed by atoms with Crippen LogP contribution in [0.2, 0.25) is 0 Å². The van der Waals surface area contributed by atoms with Crippen molar-refractivity contribution in [2.24, 2.45) is 7.05 Å². The molecule has 0 aliphatic heterocycles. The highest BCUT2D eigenvalue weighted by Gasteiger charge is 2.21. The SMILES string of the molecule is CCCCC(NC(=O)c1csc(-c2cnn(C)c2)n1)C(=O)O. The molecule has 2 aromatic heterocycles. The number of thiazole rings is 1. The normalized spacial score (nSPS) is 12.1. The van der Waals surface area contributed by atoms with Crippen molar-refractivity contribution < 1.29 is 14.7 Å². The molecule has 0 fully saturated rings. The Morgan fingerprint density at radius 1 is 1.50 bits per heavy atom. The molecular weight excluding hydrogens is 304 g/mol. The fraction of sp³-hybridized carbons (Fsp3) is 0.429. The summed E-state index contributed by atoms with van der Waals surface area (Å²) in [7, 11) is 1.80. The first-order valence-corrected chi connectivity index (χ1v) is 7.87. The van der Waals surface area contributed by atoms with Gasteiger partial charge in [-0.1, -0.05) is 19.8 Å². The Labute approximate surface area is 132 Å². The Morgan fingerprint density at radius 2 is 2.27 bits per heavy atom. The molecule has 1 amide bonds. The monoisotopic (exact) mass is 322 g/mol. The van der Waals surface area contributed by atoms with Crippen LogP contribution in [0, 0.1) is 0 Å². The average Bonchev–Trinajstić information content (AvgIpc) is 3.11. The number of carboxylic acid groups (broad SMARTS) is 1. The van der Waals surface area contributed by atoms with Crippen molar-refractivity contribution >= 4 is 23.2 Å². The first kappa shape index (κ1) is 16.2. The molecule has 0 aromatic carbocycles. The van der Waals surface area contributed by atoms with Crippen molar-refractivity contribution in [2.75, 3.05) is 0 Å². The van der Waals surface area contributed by atoms with Crippen molar-refractivity contribution in [1.82, 2.24) is 20.1 Å². The van der Waals surface area contributed by atoms with E-state index in [4.69, 9.17) is 5.11 Å². The molecular formula is C14H18N4O3S. The maximum absolute atomic E-state index is 12.1. The van der Waals surface area contributed by atoms with E-state index in [2.05, 4.69) is 15.4 Å². The second kappa shape index (κ2) is 7.17. The smallest absolute Gasteiger partial charge is 0.326 e. The molecule has 0 spiro atoms. The van der Waals surface area contributed by atoms with Gasteiger partial charge in [-0.3, -0.25) is 9.48 Å². The van der Waals surface area contributed by atoms with E-state index in [1.807, 2.05) is 13.1 Å². The van der Waals surface area contributed by atoms with Crippen LogP contribution in [0.4, 0.5) is 0 Å². The lowest BCUT2D eigenvalue weighted by Gasteiger charge is -2.12.